The third-order valence-corrected chi connectivity index (χ3v) is 5.99. The lowest BCUT2D eigenvalue weighted by Crippen LogP contribution is -2.40. The van der Waals surface area contributed by atoms with Crippen molar-refractivity contribution in [2.45, 2.75) is 46.6 Å². The van der Waals surface area contributed by atoms with E-state index in [1.165, 1.54) is 4.57 Å². The number of unbranched alkanes of at least 4 members (excludes halogenated alkanes) is 1. The lowest BCUT2D eigenvalue weighted by molar-refractivity contribution is -0.116. The summed E-state index contributed by atoms with van der Waals surface area (Å²) in [5.74, 6) is 0.208. The maximum atomic E-state index is 12.7. The Hall–Kier alpha value is -3.27. The van der Waals surface area contributed by atoms with Crippen LogP contribution in [-0.2, 0) is 16.1 Å². The van der Waals surface area contributed by atoms with Crippen LogP contribution in [0.1, 0.15) is 40.0 Å². The summed E-state index contributed by atoms with van der Waals surface area (Å²) in [6.07, 6.45) is 1.83. The monoisotopic (exact) mass is 486 g/mol. The van der Waals surface area contributed by atoms with Gasteiger partial charge in [0.2, 0.25) is 5.91 Å². The Bertz CT molecular complexity index is 1090. The molecule has 1 aliphatic rings. The smallest absolute Gasteiger partial charge is 0.330 e. The van der Waals surface area contributed by atoms with Crippen LogP contribution >= 0.6 is 0 Å². The zero-order chi connectivity index (χ0) is 25.4. The van der Waals surface area contributed by atoms with Crippen LogP contribution in [0, 0.1) is 5.92 Å². The number of amides is 1. The quantitative estimate of drug-likeness (QED) is 0.445. The van der Waals surface area contributed by atoms with E-state index in [4.69, 9.17) is 10.5 Å². The number of ether oxygens (including phenoxy) is 1. The average molecular weight is 487 g/mol. The summed E-state index contributed by atoms with van der Waals surface area (Å²) in [6, 6.07) is 7.76. The number of nitrogen functional groups attached to an aromatic ring is 1. The number of morpholine rings is 1. The molecule has 10 heteroatoms. The van der Waals surface area contributed by atoms with Crippen LogP contribution in [0.25, 0.3) is 0 Å². The van der Waals surface area contributed by atoms with Gasteiger partial charge in [0.25, 0.3) is 5.56 Å². The highest BCUT2D eigenvalue weighted by molar-refractivity contribution is 5.91. The minimum Gasteiger partial charge on any atom is -0.383 e. The highest BCUT2D eigenvalue weighted by Crippen LogP contribution is 2.21. The van der Waals surface area contributed by atoms with Crippen LogP contribution in [0.3, 0.4) is 0 Å². The number of aromatic amines is 1. The van der Waals surface area contributed by atoms with Crippen LogP contribution in [0.2, 0.25) is 0 Å². The average Bonchev–Trinajstić information content (AvgIpc) is 2.83. The molecular weight excluding hydrogens is 448 g/mol. The van der Waals surface area contributed by atoms with Crippen LogP contribution in [0.5, 0.6) is 0 Å². The minimum atomic E-state index is -0.528. The molecule has 0 bridgehead atoms. The van der Waals surface area contributed by atoms with Gasteiger partial charge in [-0.15, -0.1) is 0 Å². The van der Waals surface area contributed by atoms with Crippen LogP contribution in [0.15, 0.2) is 33.9 Å². The number of nitrogens with zero attached hydrogens (tertiary/aromatic N) is 3. The maximum absolute atomic E-state index is 12.7. The number of H-pyrrole nitrogens is 1. The van der Waals surface area contributed by atoms with Gasteiger partial charge < -0.3 is 25.6 Å². The van der Waals surface area contributed by atoms with E-state index in [0.717, 1.165) is 44.8 Å². The fraction of sp³-hybridized carbons (Fsp3) is 0.560. The van der Waals surface area contributed by atoms with Crippen molar-refractivity contribution in [1.82, 2.24) is 9.55 Å². The van der Waals surface area contributed by atoms with E-state index in [1.54, 1.807) is 0 Å². The summed E-state index contributed by atoms with van der Waals surface area (Å²) >= 11 is 0. The Morgan fingerprint density at radius 1 is 1.20 bits per heavy atom. The second kappa shape index (κ2) is 12.4. The molecule has 1 saturated heterocycles. The summed E-state index contributed by atoms with van der Waals surface area (Å²) in [6.45, 7) is 10.5. The predicted octanol–water partition coefficient (Wildman–Crippen LogP) is 2.25. The van der Waals surface area contributed by atoms with Crippen molar-refractivity contribution in [3.63, 3.8) is 0 Å². The van der Waals surface area contributed by atoms with E-state index in [1.807, 2.05) is 49.9 Å². The standard InChI is InChI=1S/C25H38N6O4/c1-4-5-11-31-23(26)22(24(33)28-25(31)34)30(17-18(2)3)12-10-21(32)27-19-6-8-20(9-7-19)29-13-15-35-16-14-29/h6-9,18H,4-5,10-17,26H2,1-3H3,(H,27,32)(H,28,33,34). The Balaban J connectivity index is 1.69. The second-order valence-corrected chi connectivity index (χ2v) is 9.28. The molecule has 2 aromatic rings. The van der Waals surface area contributed by atoms with Gasteiger partial charge in [0, 0.05) is 50.5 Å². The molecule has 0 aliphatic carbocycles. The fourth-order valence-corrected chi connectivity index (χ4v) is 4.19. The fourth-order valence-electron chi connectivity index (χ4n) is 4.19. The van der Waals surface area contributed by atoms with Gasteiger partial charge in [-0.05, 0) is 36.6 Å². The summed E-state index contributed by atoms with van der Waals surface area (Å²) in [5.41, 5.74) is 7.32. The first-order valence-corrected chi connectivity index (χ1v) is 12.4. The molecule has 1 amide bonds. The Morgan fingerprint density at radius 3 is 2.51 bits per heavy atom. The summed E-state index contributed by atoms with van der Waals surface area (Å²) < 4.78 is 6.80. The molecule has 10 nitrogen and oxygen atoms in total. The molecule has 0 unspecified atom stereocenters. The molecule has 1 aromatic carbocycles. The first kappa shape index (κ1) is 26.3. The SMILES string of the molecule is CCCCn1c(N)c(N(CCC(=O)Nc2ccc(N3CCOCC3)cc2)CC(C)C)c(=O)[nH]c1=O. The number of carbonyl (C=O) groups is 1. The number of rotatable bonds is 11. The number of nitrogens with two attached hydrogens (primary N) is 1. The van der Waals surface area contributed by atoms with Crippen molar-refractivity contribution in [3.8, 4) is 0 Å². The molecule has 0 radical (unpaired) electrons. The van der Waals surface area contributed by atoms with Crippen molar-refractivity contribution in [1.29, 1.82) is 0 Å². The predicted molar refractivity (Wildman–Crippen MR) is 140 cm³/mol. The third kappa shape index (κ3) is 7.11. The molecule has 0 spiro atoms. The lowest BCUT2D eigenvalue weighted by Gasteiger charge is -2.29. The van der Waals surface area contributed by atoms with E-state index < -0.39 is 11.2 Å². The van der Waals surface area contributed by atoms with Gasteiger partial charge in [0.1, 0.15) is 11.5 Å². The minimum absolute atomic E-state index is 0.145. The van der Waals surface area contributed by atoms with Crippen LogP contribution in [-0.4, -0.2) is 54.9 Å². The number of carbonyl (C=O) groups excluding carboxylic acids is 1. The van der Waals surface area contributed by atoms with Crippen LogP contribution in [0.4, 0.5) is 22.9 Å². The summed E-state index contributed by atoms with van der Waals surface area (Å²) in [7, 11) is 0. The molecule has 192 valence electrons. The topological polar surface area (TPSA) is 126 Å². The largest absolute Gasteiger partial charge is 0.383 e. The molecule has 0 atom stereocenters. The van der Waals surface area contributed by atoms with Crippen molar-refractivity contribution in [2.75, 3.05) is 60.2 Å². The maximum Gasteiger partial charge on any atom is 0.330 e. The molecular formula is C25H38N6O4. The van der Waals surface area contributed by atoms with E-state index in [2.05, 4.69) is 15.2 Å². The summed E-state index contributed by atoms with van der Waals surface area (Å²) in [5, 5.41) is 2.93. The van der Waals surface area contributed by atoms with Gasteiger partial charge in [-0.25, -0.2) is 4.79 Å². The Morgan fingerprint density at radius 2 is 1.89 bits per heavy atom. The summed E-state index contributed by atoms with van der Waals surface area (Å²) in [4.78, 5) is 44.2. The van der Waals surface area contributed by atoms with E-state index in [0.29, 0.717) is 25.3 Å². The molecule has 3 rings (SSSR count). The molecule has 1 fully saturated rings. The zero-order valence-corrected chi connectivity index (χ0v) is 21.0. The highest BCUT2D eigenvalue weighted by atomic mass is 16.5. The number of benzene rings is 1. The first-order chi connectivity index (χ1) is 16.8. The molecule has 35 heavy (non-hydrogen) atoms. The number of anilines is 4. The first-order valence-electron chi connectivity index (χ1n) is 12.4. The third-order valence-electron chi connectivity index (χ3n) is 5.99. The van der Waals surface area contributed by atoms with Crippen molar-refractivity contribution in [2.24, 2.45) is 5.92 Å². The van der Waals surface area contributed by atoms with Gasteiger partial charge in [0.05, 0.1) is 13.2 Å². The van der Waals surface area contributed by atoms with Gasteiger partial charge >= 0.3 is 5.69 Å². The van der Waals surface area contributed by atoms with Gasteiger partial charge in [-0.2, -0.15) is 0 Å². The number of nitrogens with one attached hydrogen (secondary N) is 2. The number of hydrogen-bond donors (Lipinski definition) is 3. The molecule has 1 aromatic heterocycles. The molecule has 4 N–H and O–H groups in total. The van der Waals surface area contributed by atoms with Crippen LogP contribution < -0.4 is 32.1 Å². The van der Waals surface area contributed by atoms with Gasteiger partial charge in [-0.3, -0.25) is 19.1 Å². The molecule has 1 aliphatic heterocycles. The zero-order valence-electron chi connectivity index (χ0n) is 21.0. The normalized spacial score (nSPS) is 13.8. The van der Waals surface area contributed by atoms with Gasteiger partial charge in [0.15, 0.2) is 0 Å². The second-order valence-electron chi connectivity index (χ2n) is 9.28. The Labute approximate surface area is 206 Å². The highest BCUT2D eigenvalue weighted by Gasteiger charge is 2.20. The molecule has 2 heterocycles. The van der Waals surface area contributed by atoms with Crippen molar-refractivity contribution >= 4 is 28.8 Å². The number of hydrogen-bond acceptors (Lipinski definition) is 7. The van der Waals surface area contributed by atoms with Crippen molar-refractivity contribution < 1.29 is 9.53 Å². The van der Waals surface area contributed by atoms with E-state index in [-0.39, 0.29) is 29.8 Å². The van der Waals surface area contributed by atoms with E-state index in [9.17, 15) is 14.4 Å². The Kier molecular flexibility index (Phi) is 9.36. The van der Waals surface area contributed by atoms with Gasteiger partial charge in [-0.1, -0.05) is 27.2 Å². The van der Waals surface area contributed by atoms with Crippen molar-refractivity contribution in [3.05, 3.63) is 45.1 Å². The molecule has 0 saturated carbocycles. The lowest BCUT2D eigenvalue weighted by atomic mass is 10.2. The number of aromatic nitrogens is 2. The van der Waals surface area contributed by atoms with E-state index >= 15 is 0 Å².